The molecule has 0 saturated heterocycles. The molecule has 5 heteroatoms. The maximum Gasteiger partial charge on any atom is 0.356 e. The Kier molecular flexibility index (Phi) is 1.92. The smallest absolute Gasteiger partial charge is 0.356 e. The van der Waals surface area contributed by atoms with E-state index in [0.29, 0.717) is 12.2 Å². The molecule has 14 heavy (non-hydrogen) atoms. The van der Waals surface area contributed by atoms with Gasteiger partial charge in [0.15, 0.2) is 5.69 Å². The lowest BCUT2D eigenvalue weighted by Crippen LogP contribution is -2.07. The predicted octanol–water partition coefficient (Wildman–Crippen LogP) is 0.363. The molecular weight excluding hydrogens is 184 g/mol. The second-order valence-corrected chi connectivity index (χ2v) is 2.92. The molecule has 0 radical (unpaired) electrons. The third kappa shape index (κ3) is 1.32. The first-order chi connectivity index (χ1) is 6.70. The summed E-state index contributed by atoms with van der Waals surface area (Å²) in [6.07, 6.45) is 0.323. The largest absolute Gasteiger partial charge is 0.464 e. The number of nitrogens with one attached hydrogen (secondary N) is 1. The SMILES string of the molecule is COC(=O)c1ccc2c(n1)NC(=O)C2. The summed E-state index contributed by atoms with van der Waals surface area (Å²) in [6, 6.07) is 3.25. The number of carbonyl (C=O) groups excluding carboxylic acids is 2. The van der Waals surface area contributed by atoms with Crippen LogP contribution in [0.15, 0.2) is 12.1 Å². The molecule has 0 atom stereocenters. The highest BCUT2D eigenvalue weighted by atomic mass is 16.5. The molecule has 1 amide bonds. The summed E-state index contributed by atoms with van der Waals surface area (Å²) in [5.41, 5.74) is 1.01. The van der Waals surface area contributed by atoms with E-state index in [1.165, 1.54) is 7.11 Å². The van der Waals surface area contributed by atoms with Gasteiger partial charge in [-0.25, -0.2) is 9.78 Å². The number of carbonyl (C=O) groups is 2. The van der Waals surface area contributed by atoms with Crippen molar-refractivity contribution < 1.29 is 14.3 Å². The fraction of sp³-hybridized carbons (Fsp3) is 0.222. The Labute approximate surface area is 80.1 Å². The van der Waals surface area contributed by atoms with Crippen LogP contribution in [0.1, 0.15) is 16.1 Å². The summed E-state index contributed by atoms with van der Waals surface area (Å²) < 4.78 is 4.51. The number of methoxy groups -OCH3 is 1. The second-order valence-electron chi connectivity index (χ2n) is 2.92. The Hall–Kier alpha value is -1.91. The number of fused-ring (bicyclic) bond motifs is 1. The van der Waals surface area contributed by atoms with Gasteiger partial charge < -0.3 is 10.1 Å². The molecule has 1 aromatic rings. The fourth-order valence-electron chi connectivity index (χ4n) is 1.31. The van der Waals surface area contributed by atoms with Gasteiger partial charge in [0.25, 0.3) is 0 Å². The van der Waals surface area contributed by atoms with Gasteiger partial charge in [0, 0.05) is 5.56 Å². The van der Waals surface area contributed by atoms with Crippen LogP contribution in [-0.2, 0) is 16.0 Å². The molecule has 0 spiro atoms. The van der Waals surface area contributed by atoms with Crippen molar-refractivity contribution in [1.29, 1.82) is 0 Å². The molecule has 0 unspecified atom stereocenters. The molecule has 5 nitrogen and oxygen atoms in total. The molecule has 0 bridgehead atoms. The van der Waals surface area contributed by atoms with Gasteiger partial charge in [-0.15, -0.1) is 0 Å². The number of pyridine rings is 1. The van der Waals surface area contributed by atoms with E-state index >= 15 is 0 Å². The molecule has 0 saturated carbocycles. The Balaban J connectivity index is 2.37. The second kappa shape index (κ2) is 3.10. The van der Waals surface area contributed by atoms with E-state index in [4.69, 9.17) is 0 Å². The minimum Gasteiger partial charge on any atom is -0.464 e. The molecule has 1 aliphatic rings. The minimum atomic E-state index is -0.506. The standard InChI is InChI=1S/C9H8N2O3/c1-14-9(13)6-3-2-5-4-7(12)11-8(5)10-6/h2-3H,4H2,1H3,(H,10,11,12). The van der Waals surface area contributed by atoms with Crippen molar-refractivity contribution in [2.24, 2.45) is 0 Å². The normalized spacial score (nSPS) is 13.4. The van der Waals surface area contributed by atoms with E-state index in [1.54, 1.807) is 12.1 Å². The van der Waals surface area contributed by atoms with E-state index < -0.39 is 5.97 Å². The van der Waals surface area contributed by atoms with Crippen LogP contribution in [0.2, 0.25) is 0 Å². The Morgan fingerprint density at radius 3 is 3.07 bits per heavy atom. The van der Waals surface area contributed by atoms with Crippen molar-refractivity contribution in [3.8, 4) is 0 Å². The number of aromatic nitrogens is 1. The van der Waals surface area contributed by atoms with E-state index in [2.05, 4.69) is 15.0 Å². The molecule has 0 aromatic carbocycles. The number of esters is 1. The Morgan fingerprint density at radius 2 is 2.36 bits per heavy atom. The zero-order valence-corrected chi connectivity index (χ0v) is 7.53. The van der Waals surface area contributed by atoms with Gasteiger partial charge in [-0.05, 0) is 6.07 Å². The molecule has 1 aromatic heterocycles. The van der Waals surface area contributed by atoms with Crippen LogP contribution < -0.4 is 5.32 Å². The average Bonchev–Trinajstić information content (AvgIpc) is 2.55. The zero-order valence-electron chi connectivity index (χ0n) is 7.53. The summed E-state index contributed by atoms with van der Waals surface area (Å²) in [4.78, 5) is 26.0. The quantitative estimate of drug-likeness (QED) is 0.652. The highest BCUT2D eigenvalue weighted by Crippen LogP contribution is 2.20. The van der Waals surface area contributed by atoms with Crippen molar-refractivity contribution >= 4 is 17.7 Å². The number of amides is 1. The first kappa shape index (κ1) is 8.68. The summed E-state index contributed by atoms with van der Waals surface area (Å²) in [6.45, 7) is 0. The maximum atomic E-state index is 11.1. The van der Waals surface area contributed by atoms with Crippen molar-refractivity contribution in [2.45, 2.75) is 6.42 Å². The molecule has 2 rings (SSSR count). The van der Waals surface area contributed by atoms with Crippen LogP contribution in [0.3, 0.4) is 0 Å². The summed E-state index contributed by atoms with van der Waals surface area (Å²) in [5.74, 6) is -0.152. The molecular formula is C9H8N2O3. The summed E-state index contributed by atoms with van der Waals surface area (Å²) in [7, 11) is 1.29. The lowest BCUT2D eigenvalue weighted by molar-refractivity contribution is -0.115. The van der Waals surface area contributed by atoms with Crippen LogP contribution in [0, 0.1) is 0 Å². The third-order valence-corrected chi connectivity index (χ3v) is 1.98. The van der Waals surface area contributed by atoms with Crippen LogP contribution >= 0.6 is 0 Å². The Morgan fingerprint density at radius 1 is 1.57 bits per heavy atom. The number of rotatable bonds is 1. The molecule has 72 valence electrons. The zero-order chi connectivity index (χ0) is 10.1. The Bertz CT molecular complexity index is 415. The van der Waals surface area contributed by atoms with Gasteiger partial charge in [0.2, 0.25) is 5.91 Å². The molecule has 0 fully saturated rings. The number of anilines is 1. The monoisotopic (exact) mass is 192 g/mol. The molecule has 1 aliphatic heterocycles. The van der Waals surface area contributed by atoms with Crippen LogP contribution in [-0.4, -0.2) is 24.0 Å². The molecule has 0 aliphatic carbocycles. The van der Waals surface area contributed by atoms with E-state index in [1.807, 2.05) is 0 Å². The van der Waals surface area contributed by atoms with Crippen molar-refractivity contribution in [1.82, 2.24) is 4.98 Å². The minimum absolute atomic E-state index is 0.102. The van der Waals surface area contributed by atoms with Gasteiger partial charge in [0.1, 0.15) is 5.82 Å². The van der Waals surface area contributed by atoms with Crippen LogP contribution in [0.4, 0.5) is 5.82 Å². The van der Waals surface area contributed by atoms with Crippen LogP contribution in [0.25, 0.3) is 0 Å². The van der Waals surface area contributed by atoms with Crippen molar-refractivity contribution in [3.63, 3.8) is 0 Å². The lowest BCUT2D eigenvalue weighted by Gasteiger charge is -2.00. The van der Waals surface area contributed by atoms with Gasteiger partial charge in [-0.3, -0.25) is 4.79 Å². The first-order valence-corrected chi connectivity index (χ1v) is 4.09. The number of hydrogen-bond donors (Lipinski definition) is 1. The highest BCUT2D eigenvalue weighted by molar-refractivity contribution is 5.98. The lowest BCUT2D eigenvalue weighted by atomic mass is 10.2. The first-order valence-electron chi connectivity index (χ1n) is 4.09. The van der Waals surface area contributed by atoms with Gasteiger partial charge in [-0.1, -0.05) is 6.07 Å². The van der Waals surface area contributed by atoms with Crippen molar-refractivity contribution in [2.75, 3.05) is 12.4 Å². The average molecular weight is 192 g/mol. The van der Waals surface area contributed by atoms with Gasteiger partial charge in [0.05, 0.1) is 13.5 Å². The predicted molar refractivity (Wildman–Crippen MR) is 47.9 cm³/mol. The van der Waals surface area contributed by atoms with Crippen molar-refractivity contribution in [3.05, 3.63) is 23.4 Å². The van der Waals surface area contributed by atoms with E-state index in [9.17, 15) is 9.59 Å². The summed E-state index contributed by atoms with van der Waals surface area (Å²) >= 11 is 0. The number of nitrogens with zero attached hydrogens (tertiary/aromatic N) is 1. The maximum absolute atomic E-state index is 11.1. The number of hydrogen-bond acceptors (Lipinski definition) is 4. The molecule has 1 N–H and O–H groups in total. The summed E-state index contributed by atoms with van der Waals surface area (Å²) in [5, 5.41) is 2.56. The van der Waals surface area contributed by atoms with E-state index in [-0.39, 0.29) is 11.6 Å². The van der Waals surface area contributed by atoms with E-state index in [0.717, 1.165) is 5.56 Å². The third-order valence-electron chi connectivity index (χ3n) is 1.98. The number of ether oxygens (including phenoxy) is 1. The molecule has 2 heterocycles. The van der Waals surface area contributed by atoms with Gasteiger partial charge in [-0.2, -0.15) is 0 Å². The topological polar surface area (TPSA) is 68.3 Å². The highest BCUT2D eigenvalue weighted by Gasteiger charge is 2.20. The van der Waals surface area contributed by atoms with Gasteiger partial charge >= 0.3 is 5.97 Å². The van der Waals surface area contributed by atoms with Crippen LogP contribution in [0.5, 0.6) is 0 Å². The fourth-order valence-corrected chi connectivity index (χ4v) is 1.31.